The van der Waals surface area contributed by atoms with Crippen LogP contribution in [0, 0.1) is 19.8 Å². The highest BCUT2D eigenvalue weighted by atomic mass is 127. The first-order chi connectivity index (χ1) is 12.7. The van der Waals surface area contributed by atoms with Gasteiger partial charge >= 0.3 is 0 Å². The maximum Gasteiger partial charge on any atom is 0.194 e. The third-order valence-electron chi connectivity index (χ3n) is 5.49. The highest BCUT2D eigenvalue weighted by Crippen LogP contribution is 2.26. The summed E-state index contributed by atoms with van der Waals surface area (Å²) in [6, 6.07) is 0. The molecule has 2 aliphatic rings. The van der Waals surface area contributed by atoms with Crippen LogP contribution < -0.4 is 5.32 Å². The smallest absolute Gasteiger partial charge is 0.194 e. The van der Waals surface area contributed by atoms with E-state index in [0.29, 0.717) is 6.10 Å². The van der Waals surface area contributed by atoms with Crippen molar-refractivity contribution in [1.29, 1.82) is 0 Å². The van der Waals surface area contributed by atoms with Gasteiger partial charge in [0.1, 0.15) is 0 Å². The van der Waals surface area contributed by atoms with E-state index in [1.165, 1.54) is 30.6 Å². The van der Waals surface area contributed by atoms with Crippen LogP contribution in [0.5, 0.6) is 0 Å². The summed E-state index contributed by atoms with van der Waals surface area (Å²) < 4.78 is 6.21. The number of rotatable bonds is 6. The summed E-state index contributed by atoms with van der Waals surface area (Å²) in [4.78, 5) is 13.0. The Bertz CT molecular complexity index is 593. The number of nitrogens with one attached hydrogen (secondary N) is 1. The Labute approximate surface area is 185 Å². The van der Waals surface area contributed by atoms with E-state index in [1.807, 2.05) is 0 Å². The Kier molecular flexibility index (Phi) is 9.79. The summed E-state index contributed by atoms with van der Waals surface area (Å²) in [7, 11) is 0. The molecule has 27 heavy (non-hydrogen) atoms. The van der Waals surface area contributed by atoms with Crippen molar-refractivity contribution >= 4 is 41.3 Å². The number of likely N-dealkylation sites (tertiary alicyclic amines) is 1. The fourth-order valence-corrected chi connectivity index (χ4v) is 4.84. The van der Waals surface area contributed by atoms with Gasteiger partial charge in [0.25, 0.3) is 0 Å². The molecule has 3 rings (SSSR count). The van der Waals surface area contributed by atoms with Gasteiger partial charge in [-0.3, -0.25) is 0 Å². The molecule has 1 saturated carbocycles. The number of nitrogens with zero attached hydrogens (tertiary/aromatic N) is 3. The molecule has 5 nitrogen and oxygen atoms in total. The van der Waals surface area contributed by atoms with Crippen LogP contribution in [0.3, 0.4) is 0 Å². The average Bonchev–Trinajstić information content (AvgIpc) is 3.27. The molecule has 1 aliphatic heterocycles. The maximum absolute atomic E-state index is 6.21. The predicted octanol–water partition coefficient (Wildman–Crippen LogP) is 4.51. The molecule has 0 amide bonds. The fraction of sp³-hybridized carbons (Fsp3) is 0.800. The molecule has 2 fully saturated rings. The van der Waals surface area contributed by atoms with E-state index in [9.17, 15) is 0 Å². The Balaban J connectivity index is 0.00000261. The third-order valence-corrected chi connectivity index (χ3v) is 6.55. The number of aliphatic imine (C=N–C) groups is 1. The molecule has 1 aliphatic carbocycles. The third kappa shape index (κ3) is 6.85. The first-order valence-corrected chi connectivity index (χ1v) is 11.0. The quantitative estimate of drug-likeness (QED) is 0.351. The topological polar surface area (TPSA) is 49.8 Å². The Morgan fingerprint density at radius 1 is 1.22 bits per heavy atom. The van der Waals surface area contributed by atoms with Crippen LogP contribution in [-0.2, 0) is 11.3 Å². The Hall–Kier alpha value is -0.410. The average molecular weight is 506 g/mol. The molecule has 1 aromatic rings. The van der Waals surface area contributed by atoms with Crippen molar-refractivity contribution in [3.05, 3.63) is 15.6 Å². The number of hydrogen-bond donors (Lipinski definition) is 1. The SMILES string of the molecule is CCNC(=NCc1sc(C)nc1C)N1CCC(OCC2CCCC2)CC1.I. The molecule has 1 saturated heterocycles. The number of aromatic nitrogens is 1. The van der Waals surface area contributed by atoms with Crippen molar-refractivity contribution in [2.45, 2.75) is 71.9 Å². The van der Waals surface area contributed by atoms with Crippen LogP contribution in [0.15, 0.2) is 4.99 Å². The zero-order valence-electron chi connectivity index (χ0n) is 17.0. The van der Waals surface area contributed by atoms with Crippen LogP contribution in [0.25, 0.3) is 0 Å². The lowest BCUT2D eigenvalue weighted by atomic mass is 10.1. The van der Waals surface area contributed by atoms with Gasteiger partial charge in [0.15, 0.2) is 5.96 Å². The van der Waals surface area contributed by atoms with Crippen molar-refractivity contribution in [2.75, 3.05) is 26.2 Å². The van der Waals surface area contributed by atoms with Crippen LogP contribution in [0.1, 0.15) is 61.0 Å². The number of halogens is 1. The summed E-state index contributed by atoms with van der Waals surface area (Å²) in [5, 5.41) is 4.58. The molecule has 7 heteroatoms. The first kappa shape index (κ1) is 22.9. The van der Waals surface area contributed by atoms with Gasteiger partial charge in [-0.1, -0.05) is 12.8 Å². The van der Waals surface area contributed by atoms with Crippen molar-refractivity contribution in [3.8, 4) is 0 Å². The van der Waals surface area contributed by atoms with E-state index < -0.39 is 0 Å². The Morgan fingerprint density at radius 3 is 2.52 bits per heavy atom. The molecule has 1 aromatic heterocycles. The zero-order chi connectivity index (χ0) is 18.4. The first-order valence-electron chi connectivity index (χ1n) is 10.2. The van der Waals surface area contributed by atoms with Gasteiger partial charge in [-0.15, -0.1) is 35.3 Å². The summed E-state index contributed by atoms with van der Waals surface area (Å²) in [6.07, 6.45) is 8.17. The lowest BCUT2D eigenvalue weighted by Crippen LogP contribution is -2.47. The van der Waals surface area contributed by atoms with Gasteiger partial charge in [-0.2, -0.15) is 0 Å². The standard InChI is InChI=1S/C20H34N4OS.HI/c1-4-21-20(22-13-19-15(2)23-16(3)26-19)24-11-9-18(10-12-24)25-14-17-7-5-6-8-17;/h17-18H,4-14H2,1-3H3,(H,21,22);1H. The molecular weight excluding hydrogens is 471 g/mol. The largest absolute Gasteiger partial charge is 0.378 e. The van der Waals surface area contributed by atoms with E-state index in [-0.39, 0.29) is 24.0 Å². The van der Waals surface area contributed by atoms with Gasteiger partial charge in [-0.05, 0) is 52.4 Å². The van der Waals surface area contributed by atoms with Crippen LogP contribution in [-0.4, -0.2) is 48.2 Å². The molecule has 2 heterocycles. The molecule has 0 unspecified atom stereocenters. The summed E-state index contributed by atoms with van der Waals surface area (Å²) >= 11 is 1.76. The maximum atomic E-state index is 6.21. The molecule has 1 N–H and O–H groups in total. The monoisotopic (exact) mass is 506 g/mol. The van der Waals surface area contributed by atoms with Crippen LogP contribution in [0.2, 0.25) is 0 Å². The molecule has 154 valence electrons. The molecule has 0 bridgehead atoms. The van der Waals surface area contributed by atoms with Crippen molar-refractivity contribution in [2.24, 2.45) is 10.9 Å². The minimum absolute atomic E-state index is 0. The summed E-state index contributed by atoms with van der Waals surface area (Å²) in [6.45, 7) is 10.9. The number of guanidine groups is 1. The van der Waals surface area contributed by atoms with Crippen molar-refractivity contribution in [1.82, 2.24) is 15.2 Å². The number of hydrogen-bond acceptors (Lipinski definition) is 4. The highest BCUT2D eigenvalue weighted by molar-refractivity contribution is 14.0. The lowest BCUT2D eigenvalue weighted by Gasteiger charge is -2.34. The second kappa shape index (κ2) is 11.6. The Morgan fingerprint density at radius 2 is 1.93 bits per heavy atom. The zero-order valence-corrected chi connectivity index (χ0v) is 20.1. The van der Waals surface area contributed by atoms with Gasteiger partial charge in [0.2, 0.25) is 0 Å². The fourth-order valence-electron chi connectivity index (χ4n) is 3.98. The number of thiazole rings is 1. The molecular formula is C20H35IN4OS. The minimum Gasteiger partial charge on any atom is -0.378 e. The predicted molar refractivity (Wildman–Crippen MR) is 124 cm³/mol. The van der Waals surface area contributed by atoms with Gasteiger partial charge in [0, 0.05) is 31.1 Å². The summed E-state index contributed by atoms with van der Waals surface area (Å²) in [5.74, 6) is 1.85. The number of piperidine rings is 1. The summed E-state index contributed by atoms with van der Waals surface area (Å²) in [5.41, 5.74) is 1.12. The van der Waals surface area contributed by atoms with E-state index in [4.69, 9.17) is 9.73 Å². The van der Waals surface area contributed by atoms with Crippen LogP contribution in [0.4, 0.5) is 0 Å². The lowest BCUT2D eigenvalue weighted by molar-refractivity contribution is 0.00101. The van der Waals surface area contributed by atoms with Gasteiger partial charge in [-0.25, -0.2) is 9.98 Å². The molecule has 0 aromatic carbocycles. The van der Waals surface area contributed by atoms with Crippen LogP contribution >= 0.6 is 35.3 Å². The van der Waals surface area contributed by atoms with Crippen molar-refractivity contribution < 1.29 is 4.74 Å². The normalized spacial score (nSPS) is 19.4. The molecule has 0 spiro atoms. The molecule has 0 atom stereocenters. The van der Waals surface area contributed by atoms with Gasteiger partial charge < -0.3 is 15.0 Å². The van der Waals surface area contributed by atoms with Crippen molar-refractivity contribution in [3.63, 3.8) is 0 Å². The van der Waals surface area contributed by atoms with E-state index in [0.717, 1.165) is 68.2 Å². The van der Waals surface area contributed by atoms with Gasteiger partial charge in [0.05, 0.1) is 23.4 Å². The van der Waals surface area contributed by atoms with E-state index >= 15 is 0 Å². The second-order valence-electron chi connectivity index (χ2n) is 7.58. The minimum atomic E-state index is 0. The van der Waals surface area contributed by atoms with E-state index in [1.54, 1.807) is 11.3 Å². The second-order valence-corrected chi connectivity index (χ2v) is 8.87. The number of ether oxygens (including phenoxy) is 1. The van der Waals surface area contributed by atoms with E-state index in [2.05, 4.69) is 36.0 Å². The number of aryl methyl sites for hydroxylation is 2. The molecule has 0 radical (unpaired) electrons. The highest BCUT2D eigenvalue weighted by Gasteiger charge is 2.24.